The van der Waals surface area contributed by atoms with E-state index in [9.17, 15) is 14.4 Å². The van der Waals surface area contributed by atoms with Crippen molar-refractivity contribution in [3.8, 4) is 0 Å². The molecule has 2 heterocycles. The van der Waals surface area contributed by atoms with Gasteiger partial charge in [0.25, 0.3) is 5.56 Å². The SMILES string of the molecule is CCn1c(=O)c2sccc2n(CC(=O)Nc2ccccc2)c1=O. The Morgan fingerprint density at radius 3 is 2.57 bits per heavy atom. The van der Waals surface area contributed by atoms with Gasteiger partial charge in [0.2, 0.25) is 5.91 Å². The first-order chi connectivity index (χ1) is 11.1. The zero-order valence-electron chi connectivity index (χ0n) is 12.5. The lowest BCUT2D eigenvalue weighted by Crippen LogP contribution is -2.40. The third-order valence-corrected chi connectivity index (χ3v) is 4.40. The molecule has 118 valence electrons. The fraction of sp³-hybridized carbons (Fsp3) is 0.188. The summed E-state index contributed by atoms with van der Waals surface area (Å²) >= 11 is 1.27. The molecule has 0 atom stereocenters. The number of carbonyl (C=O) groups is 1. The molecule has 0 radical (unpaired) electrons. The Bertz CT molecular complexity index is 970. The minimum absolute atomic E-state index is 0.138. The summed E-state index contributed by atoms with van der Waals surface area (Å²) in [5.41, 5.74) is 0.391. The van der Waals surface area contributed by atoms with Crippen LogP contribution >= 0.6 is 11.3 Å². The molecular weight excluding hydrogens is 314 g/mol. The number of hydrogen-bond acceptors (Lipinski definition) is 4. The summed E-state index contributed by atoms with van der Waals surface area (Å²) in [6, 6.07) is 10.7. The van der Waals surface area contributed by atoms with Crippen LogP contribution in [-0.2, 0) is 17.9 Å². The number of anilines is 1. The molecule has 0 bridgehead atoms. The minimum atomic E-state index is -0.466. The van der Waals surface area contributed by atoms with Crippen LogP contribution in [0.3, 0.4) is 0 Å². The fourth-order valence-corrected chi connectivity index (χ4v) is 3.27. The largest absolute Gasteiger partial charge is 0.331 e. The standard InChI is InChI=1S/C16H15N3O3S/c1-2-18-15(21)14-12(8-9-23-14)19(16(18)22)10-13(20)17-11-6-4-3-5-7-11/h3-9H,2,10H2,1H3,(H,17,20). The molecular formula is C16H15N3O3S. The van der Waals surface area contributed by atoms with Crippen LogP contribution in [-0.4, -0.2) is 15.0 Å². The molecule has 0 aliphatic rings. The van der Waals surface area contributed by atoms with Gasteiger partial charge in [-0.2, -0.15) is 0 Å². The number of nitrogens with zero attached hydrogens (tertiary/aromatic N) is 2. The van der Waals surface area contributed by atoms with Crippen molar-refractivity contribution in [3.05, 3.63) is 62.6 Å². The molecule has 0 saturated carbocycles. The lowest BCUT2D eigenvalue weighted by Gasteiger charge is -2.11. The van der Waals surface area contributed by atoms with E-state index in [0.717, 1.165) is 4.57 Å². The summed E-state index contributed by atoms with van der Waals surface area (Å²) in [7, 11) is 0. The van der Waals surface area contributed by atoms with E-state index in [1.54, 1.807) is 30.5 Å². The van der Waals surface area contributed by atoms with Crippen LogP contribution in [0.15, 0.2) is 51.4 Å². The zero-order valence-corrected chi connectivity index (χ0v) is 13.3. The van der Waals surface area contributed by atoms with Gasteiger partial charge in [0.15, 0.2) is 0 Å². The van der Waals surface area contributed by atoms with E-state index in [0.29, 0.717) is 15.9 Å². The normalized spacial score (nSPS) is 10.8. The molecule has 0 saturated heterocycles. The first-order valence-electron chi connectivity index (χ1n) is 7.17. The zero-order chi connectivity index (χ0) is 16.4. The van der Waals surface area contributed by atoms with Crippen molar-refractivity contribution in [1.82, 2.24) is 9.13 Å². The number of carbonyl (C=O) groups excluding carboxylic acids is 1. The average molecular weight is 329 g/mol. The van der Waals surface area contributed by atoms with Crippen molar-refractivity contribution < 1.29 is 4.79 Å². The topological polar surface area (TPSA) is 73.1 Å². The molecule has 0 unspecified atom stereocenters. The molecule has 0 aliphatic carbocycles. The van der Waals surface area contributed by atoms with Crippen molar-refractivity contribution in [2.24, 2.45) is 0 Å². The second-order valence-corrected chi connectivity index (χ2v) is 5.88. The van der Waals surface area contributed by atoms with Gasteiger partial charge >= 0.3 is 5.69 Å². The van der Waals surface area contributed by atoms with Crippen LogP contribution in [0.1, 0.15) is 6.92 Å². The Kier molecular flexibility index (Phi) is 4.12. The van der Waals surface area contributed by atoms with Crippen molar-refractivity contribution >= 4 is 33.1 Å². The predicted molar refractivity (Wildman–Crippen MR) is 91.1 cm³/mol. The van der Waals surface area contributed by atoms with Crippen LogP contribution in [0.25, 0.3) is 10.2 Å². The number of para-hydroxylation sites is 1. The number of thiophene rings is 1. The third-order valence-electron chi connectivity index (χ3n) is 3.51. The first kappa shape index (κ1) is 15.2. The van der Waals surface area contributed by atoms with Crippen molar-refractivity contribution in [2.45, 2.75) is 20.0 Å². The molecule has 0 spiro atoms. The molecule has 7 heteroatoms. The lowest BCUT2D eigenvalue weighted by atomic mass is 10.3. The maximum absolute atomic E-state index is 12.5. The second kappa shape index (κ2) is 6.21. The molecule has 3 aromatic rings. The highest BCUT2D eigenvalue weighted by atomic mass is 32.1. The molecule has 0 aliphatic heterocycles. The summed E-state index contributed by atoms with van der Waals surface area (Å²) in [6.07, 6.45) is 0. The summed E-state index contributed by atoms with van der Waals surface area (Å²) in [5, 5.41) is 4.49. The van der Waals surface area contributed by atoms with Crippen molar-refractivity contribution in [3.63, 3.8) is 0 Å². The van der Waals surface area contributed by atoms with Gasteiger partial charge < -0.3 is 5.32 Å². The Morgan fingerprint density at radius 2 is 1.87 bits per heavy atom. The van der Waals surface area contributed by atoms with E-state index < -0.39 is 5.69 Å². The fourth-order valence-electron chi connectivity index (χ4n) is 2.43. The van der Waals surface area contributed by atoms with E-state index >= 15 is 0 Å². The van der Waals surface area contributed by atoms with Gasteiger partial charge in [0, 0.05) is 12.2 Å². The van der Waals surface area contributed by atoms with Crippen LogP contribution < -0.4 is 16.6 Å². The van der Waals surface area contributed by atoms with E-state index in [1.165, 1.54) is 15.9 Å². The molecule has 1 aromatic carbocycles. The number of nitrogens with one attached hydrogen (secondary N) is 1. The summed E-state index contributed by atoms with van der Waals surface area (Å²) in [4.78, 5) is 36.9. The van der Waals surface area contributed by atoms with E-state index in [2.05, 4.69) is 5.32 Å². The van der Waals surface area contributed by atoms with Gasteiger partial charge in [-0.15, -0.1) is 11.3 Å². The lowest BCUT2D eigenvalue weighted by molar-refractivity contribution is -0.116. The first-order valence-corrected chi connectivity index (χ1v) is 8.05. The maximum atomic E-state index is 12.5. The van der Waals surface area contributed by atoms with E-state index in [1.807, 2.05) is 18.2 Å². The summed E-state index contributed by atoms with van der Waals surface area (Å²) in [6.45, 7) is 1.86. The van der Waals surface area contributed by atoms with Gasteiger partial charge in [-0.3, -0.25) is 18.7 Å². The molecule has 6 nitrogen and oxygen atoms in total. The van der Waals surface area contributed by atoms with Gasteiger partial charge in [0.05, 0.1) is 5.52 Å². The monoisotopic (exact) mass is 329 g/mol. The molecule has 2 aromatic heterocycles. The average Bonchev–Trinajstić information content (AvgIpc) is 3.03. The van der Waals surface area contributed by atoms with Crippen LogP contribution in [0.2, 0.25) is 0 Å². The highest BCUT2D eigenvalue weighted by molar-refractivity contribution is 7.17. The Hall–Kier alpha value is -2.67. The molecule has 23 heavy (non-hydrogen) atoms. The minimum Gasteiger partial charge on any atom is -0.325 e. The van der Waals surface area contributed by atoms with Gasteiger partial charge in [0.1, 0.15) is 11.2 Å². The Balaban J connectivity index is 2.00. The Labute approximate surface area is 135 Å². The van der Waals surface area contributed by atoms with Gasteiger partial charge in [-0.05, 0) is 30.5 Å². The van der Waals surface area contributed by atoms with Crippen LogP contribution in [0.4, 0.5) is 5.69 Å². The molecule has 3 rings (SSSR count). The second-order valence-electron chi connectivity index (χ2n) is 4.97. The molecule has 1 amide bonds. The predicted octanol–water partition coefficient (Wildman–Crippen LogP) is 1.88. The van der Waals surface area contributed by atoms with Crippen LogP contribution in [0, 0.1) is 0 Å². The molecule has 0 fully saturated rings. The smallest absolute Gasteiger partial charge is 0.325 e. The maximum Gasteiger partial charge on any atom is 0.331 e. The third kappa shape index (κ3) is 2.83. The highest BCUT2D eigenvalue weighted by Gasteiger charge is 2.15. The van der Waals surface area contributed by atoms with E-state index in [4.69, 9.17) is 0 Å². The number of rotatable bonds is 4. The van der Waals surface area contributed by atoms with Gasteiger partial charge in [-0.1, -0.05) is 18.2 Å². The number of amides is 1. The summed E-state index contributed by atoms with van der Waals surface area (Å²) < 4.78 is 2.97. The number of aromatic nitrogens is 2. The number of benzene rings is 1. The Morgan fingerprint density at radius 1 is 1.13 bits per heavy atom. The summed E-state index contributed by atoms with van der Waals surface area (Å²) in [5.74, 6) is -0.313. The number of fused-ring (bicyclic) bond motifs is 1. The van der Waals surface area contributed by atoms with E-state index in [-0.39, 0.29) is 24.6 Å². The quantitative estimate of drug-likeness (QED) is 0.794. The number of hydrogen-bond donors (Lipinski definition) is 1. The van der Waals surface area contributed by atoms with Crippen LogP contribution in [0.5, 0.6) is 0 Å². The molecule has 1 N–H and O–H groups in total. The highest BCUT2D eigenvalue weighted by Crippen LogP contribution is 2.15. The van der Waals surface area contributed by atoms with Gasteiger partial charge in [-0.25, -0.2) is 4.79 Å². The van der Waals surface area contributed by atoms with Crippen molar-refractivity contribution in [1.29, 1.82) is 0 Å². The van der Waals surface area contributed by atoms with Crippen molar-refractivity contribution in [2.75, 3.05) is 5.32 Å².